The van der Waals surface area contributed by atoms with E-state index in [1.54, 1.807) is 6.07 Å². The molecule has 10 heterocycles. The number of para-hydroxylation sites is 1. The van der Waals surface area contributed by atoms with Crippen molar-refractivity contribution >= 4 is 61.2 Å². The topological polar surface area (TPSA) is 228 Å². The highest BCUT2D eigenvalue weighted by molar-refractivity contribution is 7.90. The average molecular weight is 1150 g/mol. The van der Waals surface area contributed by atoms with Crippen LogP contribution in [-0.4, -0.2) is 142 Å². The van der Waals surface area contributed by atoms with E-state index in [-0.39, 0.29) is 65.8 Å². The van der Waals surface area contributed by atoms with E-state index in [4.69, 9.17) is 38.4 Å². The molecule has 8 aliphatic rings. The van der Waals surface area contributed by atoms with Gasteiger partial charge in [-0.15, -0.1) is 0 Å². The van der Waals surface area contributed by atoms with Gasteiger partial charge in [0.1, 0.15) is 35.6 Å². The molecule has 0 unspecified atom stereocenters. The summed E-state index contributed by atoms with van der Waals surface area (Å²) >= 11 is 0. The molecule has 5 fully saturated rings. The standard InChI is InChI=1S/C61H70N10O11S/c1-37(2)81-52-8-4-3-7-44(52)51-34-68(55-12-9-39-6-5-24-79-59(39)64-55)22-23-69(51)42-32-61(33-42)17-20-67(21-18-61)41-10-11-45(48(29-41)70-47-16-27-78-36-54(47)82-60-50(70)28-40-13-19-62-57(40)65-60)58(72)66-83(75,76)43-30-49(71(73)74)56-53(31-43)80-35-46(63-56)38-14-25-77-26-15-38/h3-4,7-13,19,28-31,37-38,42,46-47,51,54,63H,5-6,14-18,20-27,32-36H2,1-2H3,(H,62,65)(H,66,72)/t46-,47-,51-,54-/m0/s1. The van der Waals surface area contributed by atoms with Gasteiger partial charge in [0.25, 0.3) is 21.6 Å². The predicted octanol–water partition coefficient (Wildman–Crippen LogP) is 8.70. The number of piperidine rings is 1. The Hall–Kier alpha value is -7.40. The molecule has 4 saturated heterocycles. The zero-order valence-electron chi connectivity index (χ0n) is 46.8. The first-order valence-electron chi connectivity index (χ1n) is 29.5. The van der Waals surface area contributed by atoms with Gasteiger partial charge in [0, 0.05) is 99.1 Å². The van der Waals surface area contributed by atoms with Crippen LogP contribution in [0.2, 0.25) is 0 Å². The summed E-state index contributed by atoms with van der Waals surface area (Å²) in [4.78, 5) is 49.2. The number of ether oxygens (including phenoxy) is 6. The third-order valence-electron chi connectivity index (χ3n) is 18.6. The van der Waals surface area contributed by atoms with Crippen LogP contribution in [0.5, 0.6) is 23.3 Å². The number of benzene rings is 3. The van der Waals surface area contributed by atoms with Gasteiger partial charge in [-0.25, -0.2) is 13.1 Å². The number of aryl methyl sites for hydroxylation is 1. The number of pyridine rings is 2. The highest BCUT2D eigenvalue weighted by Crippen LogP contribution is 2.54. The molecule has 6 aromatic rings. The quantitative estimate of drug-likeness (QED) is 0.0769. The Morgan fingerprint density at radius 3 is 2.53 bits per heavy atom. The minimum Gasteiger partial charge on any atom is -0.491 e. The van der Waals surface area contributed by atoms with Crippen molar-refractivity contribution in [3.8, 4) is 23.3 Å². The average Bonchev–Trinajstić information content (AvgIpc) is 3.80. The summed E-state index contributed by atoms with van der Waals surface area (Å²) in [6.07, 6.45) is 9.59. The number of nitrogens with zero attached hydrogens (tertiary/aromatic N) is 7. The lowest BCUT2D eigenvalue weighted by Crippen LogP contribution is -2.60. The summed E-state index contributed by atoms with van der Waals surface area (Å²) in [5, 5.41) is 16.7. The van der Waals surface area contributed by atoms with Crippen molar-refractivity contribution in [1.29, 1.82) is 0 Å². The molecule has 1 spiro atoms. The van der Waals surface area contributed by atoms with Crippen LogP contribution in [0.15, 0.2) is 90.0 Å². The largest absolute Gasteiger partial charge is 0.491 e. The van der Waals surface area contributed by atoms with Crippen molar-refractivity contribution in [2.75, 3.05) is 92.4 Å². The molecule has 14 rings (SSSR count). The second-order valence-corrected chi connectivity index (χ2v) is 25.6. The number of hydrogen-bond donors (Lipinski definition) is 3. The second-order valence-electron chi connectivity index (χ2n) is 23.9. The SMILES string of the molecule is CC(C)Oc1ccccc1[C@@H]1CN(c2ccc3c(n2)OCCC3)CCN1C1CC2(CCN(c3ccc(C(=O)NS(=O)(=O)c4cc5c(c([N+](=O)[O-])c4)N[C@H](C4CCOCC4)CO5)c(N4c5cc6cc[nH]c6nc5O[C@H]5COCC[C@@H]54)c3)CC2)C1. The van der Waals surface area contributed by atoms with Gasteiger partial charge < -0.3 is 53.4 Å². The van der Waals surface area contributed by atoms with Crippen molar-refractivity contribution in [2.45, 2.75) is 113 Å². The third kappa shape index (κ3) is 10.2. The molecular weight excluding hydrogens is 1080 g/mol. The van der Waals surface area contributed by atoms with Crippen molar-refractivity contribution in [2.24, 2.45) is 11.3 Å². The van der Waals surface area contributed by atoms with E-state index in [1.165, 1.54) is 17.2 Å². The first kappa shape index (κ1) is 53.6. The van der Waals surface area contributed by atoms with Crippen LogP contribution in [0, 0.1) is 21.4 Å². The summed E-state index contributed by atoms with van der Waals surface area (Å²) in [6, 6.07) is 24.5. The van der Waals surface area contributed by atoms with E-state index >= 15 is 0 Å². The Bertz CT molecular complexity index is 3580. The minimum absolute atomic E-state index is 0.0236. The number of anilines is 5. The fourth-order valence-corrected chi connectivity index (χ4v) is 15.3. The highest BCUT2D eigenvalue weighted by atomic mass is 32.2. The zero-order valence-corrected chi connectivity index (χ0v) is 47.6. The molecule has 1 saturated carbocycles. The number of nitro benzene ring substituents is 1. The van der Waals surface area contributed by atoms with Crippen LogP contribution in [0.4, 0.5) is 34.3 Å². The van der Waals surface area contributed by atoms with Crippen molar-refractivity contribution in [3.05, 3.63) is 112 Å². The van der Waals surface area contributed by atoms with Gasteiger partial charge in [-0.05, 0) is 131 Å². The molecule has 21 nitrogen and oxygen atoms in total. The first-order valence-corrected chi connectivity index (χ1v) is 31.0. The third-order valence-corrected chi connectivity index (χ3v) is 19.9. The molecule has 22 heteroatoms. The molecule has 83 heavy (non-hydrogen) atoms. The van der Waals surface area contributed by atoms with Crippen LogP contribution in [0.3, 0.4) is 0 Å². The van der Waals surface area contributed by atoms with Crippen LogP contribution >= 0.6 is 0 Å². The number of nitro groups is 1. The molecule has 3 N–H and O–H groups in total. The number of piperazine rings is 1. The number of sulfonamides is 1. The maximum absolute atomic E-state index is 15.0. The number of nitrogens with one attached hydrogen (secondary N) is 3. The van der Waals surface area contributed by atoms with E-state index in [0.717, 1.165) is 119 Å². The molecule has 7 aliphatic heterocycles. The van der Waals surface area contributed by atoms with Crippen molar-refractivity contribution in [3.63, 3.8) is 0 Å². The summed E-state index contributed by atoms with van der Waals surface area (Å²) in [6.45, 7) is 11.0. The molecule has 3 aromatic carbocycles. The predicted molar refractivity (Wildman–Crippen MR) is 311 cm³/mol. The number of H-pyrrole nitrogens is 1. The van der Waals surface area contributed by atoms with Crippen LogP contribution in [-0.2, 0) is 25.9 Å². The summed E-state index contributed by atoms with van der Waals surface area (Å²) < 4.78 is 67.9. The van der Waals surface area contributed by atoms with E-state index in [2.05, 4.69) is 84.9 Å². The van der Waals surface area contributed by atoms with Gasteiger partial charge in [-0.2, -0.15) is 9.97 Å². The van der Waals surface area contributed by atoms with Crippen LogP contribution in [0.25, 0.3) is 11.0 Å². The number of hydrogen-bond acceptors (Lipinski definition) is 18. The Labute approximate surface area is 482 Å². The van der Waals surface area contributed by atoms with E-state index in [1.807, 2.05) is 30.5 Å². The highest BCUT2D eigenvalue weighted by Gasteiger charge is 2.51. The van der Waals surface area contributed by atoms with Gasteiger partial charge in [-0.3, -0.25) is 19.8 Å². The van der Waals surface area contributed by atoms with E-state index in [0.29, 0.717) is 61.8 Å². The maximum Gasteiger partial charge on any atom is 0.297 e. The Morgan fingerprint density at radius 1 is 0.867 bits per heavy atom. The monoisotopic (exact) mass is 1150 g/mol. The van der Waals surface area contributed by atoms with Gasteiger partial charge >= 0.3 is 0 Å². The van der Waals surface area contributed by atoms with E-state index < -0.39 is 37.5 Å². The molecule has 436 valence electrons. The summed E-state index contributed by atoms with van der Waals surface area (Å²) in [5.74, 6) is 2.26. The fourth-order valence-electron chi connectivity index (χ4n) is 14.2. The molecule has 1 amide bonds. The Morgan fingerprint density at radius 2 is 1.70 bits per heavy atom. The molecule has 3 aromatic heterocycles. The molecular formula is C61H70N10O11S. The van der Waals surface area contributed by atoms with Gasteiger partial charge in [0.2, 0.25) is 11.8 Å². The summed E-state index contributed by atoms with van der Waals surface area (Å²) in [5.41, 5.74) is 4.90. The number of carbonyl (C=O) groups excluding carboxylic acids is 1. The Kier molecular flexibility index (Phi) is 14.0. The molecule has 4 atom stereocenters. The van der Waals surface area contributed by atoms with Gasteiger partial charge in [0.15, 0.2) is 11.4 Å². The number of rotatable bonds is 12. The lowest BCUT2D eigenvalue weighted by Gasteiger charge is -2.58. The smallest absolute Gasteiger partial charge is 0.297 e. The normalized spacial score (nSPS) is 23.6. The minimum atomic E-state index is -4.72. The number of aromatic amines is 1. The van der Waals surface area contributed by atoms with Gasteiger partial charge in [-0.1, -0.05) is 18.2 Å². The molecule has 0 bridgehead atoms. The number of amides is 1. The molecule has 1 aliphatic carbocycles. The first-order chi connectivity index (χ1) is 40.3. The maximum atomic E-state index is 15.0. The number of fused-ring (bicyclic) bond motifs is 5. The fraction of sp³-hybridized carbons (Fsp3) is 0.492. The number of carbonyl (C=O) groups is 1. The van der Waals surface area contributed by atoms with E-state index in [9.17, 15) is 23.3 Å². The second kappa shape index (κ2) is 21.7. The van der Waals surface area contributed by atoms with Crippen molar-refractivity contribution < 1.29 is 46.6 Å². The van der Waals surface area contributed by atoms with Crippen LogP contribution < -0.4 is 43.7 Å². The molecule has 0 radical (unpaired) electrons. The number of aromatic nitrogens is 3. The van der Waals surface area contributed by atoms with Gasteiger partial charge in [0.05, 0.1) is 58.5 Å². The summed E-state index contributed by atoms with van der Waals surface area (Å²) in [7, 11) is -4.72. The Balaban J connectivity index is 0.739. The zero-order chi connectivity index (χ0) is 56.6. The van der Waals surface area contributed by atoms with Crippen LogP contribution in [0.1, 0.15) is 92.7 Å². The van der Waals surface area contributed by atoms with Crippen molar-refractivity contribution in [1.82, 2.24) is 24.6 Å². The lowest BCUT2D eigenvalue weighted by atomic mass is 9.59. The lowest BCUT2D eigenvalue weighted by molar-refractivity contribution is -0.384.